The first-order chi connectivity index (χ1) is 13.6. The summed E-state index contributed by atoms with van der Waals surface area (Å²) < 4.78 is 5.34. The van der Waals surface area contributed by atoms with E-state index in [0.29, 0.717) is 12.5 Å². The largest absolute Gasteiger partial charge is 0.391 e. The second-order valence-corrected chi connectivity index (χ2v) is 8.58. The van der Waals surface area contributed by atoms with Crippen molar-refractivity contribution < 1.29 is 9.84 Å². The molecule has 1 aromatic carbocycles. The van der Waals surface area contributed by atoms with Crippen molar-refractivity contribution in [3.8, 4) is 0 Å². The van der Waals surface area contributed by atoms with Crippen LogP contribution in [0.3, 0.4) is 0 Å². The lowest BCUT2D eigenvalue weighted by molar-refractivity contribution is 0.0968. The summed E-state index contributed by atoms with van der Waals surface area (Å²) in [5.74, 6) is 1.75. The summed E-state index contributed by atoms with van der Waals surface area (Å²) in [5, 5.41) is 11.4. The van der Waals surface area contributed by atoms with E-state index in [9.17, 15) is 5.11 Å². The number of aromatic nitrogens is 1. The Morgan fingerprint density at radius 3 is 2.71 bits per heavy atom. The number of aliphatic hydroxyl groups is 1. The van der Waals surface area contributed by atoms with Gasteiger partial charge in [-0.05, 0) is 69.8 Å². The minimum atomic E-state index is -0.248. The van der Waals surface area contributed by atoms with Crippen molar-refractivity contribution >= 4 is 16.7 Å². The fourth-order valence-corrected chi connectivity index (χ4v) is 4.65. The molecule has 2 aliphatic heterocycles. The van der Waals surface area contributed by atoms with E-state index in [1.807, 2.05) is 0 Å². The number of ether oxygens (including phenoxy) is 1. The lowest BCUT2D eigenvalue weighted by atomic mass is 9.97. The van der Waals surface area contributed by atoms with Gasteiger partial charge in [0.15, 0.2) is 0 Å². The predicted octanol–water partition coefficient (Wildman–Crippen LogP) is 3.36. The third kappa shape index (κ3) is 4.48. The van der Waals surface area contributed by atoms with Crippen molar-refractivity contribution in [1.29, 1.82) is 0 Å². The topological polar surface area (TPSA) is 48.8 Å². The number of anilines is 1. The Labute approximate surface area is 168 Å². The molecule has 0 radical (unpaired) electrons. The molecular weight excluding hydrogens is 350 g/mol. The quantitative estimate of drug-likeness (QED) is 0.858. The van der Waals surface area contributed by atoms with E-state index < -0.39 is 0 Å². The van der Waals surface area contributed by atoms with Crippen molar-refractivity contribution in [2.45, 2.75) is 45.3 Å². The summed E-state index contributed by atoms with van der Waals surface area (Å²) in [6.07, 6.45) is 4.07. The minimum Gasteiger partial charge on any atom is -0.391 e. The van der Waals surface area contributed by atoms with Crippen LogP contribution in [0.2, 0.25) is 0 Å². The molecule has 2 fully saturated rings. The Balaban J connectivity index is 1.60. The van der Waals surface area contributed by atoms with Crippen LogP contribution in [0.25, 0.3) is 10.9 Å². The molecule has 1 atom stereocenters. The van der Waals surface area contributed by atoms with Gasteiger partial charge in [0.05, 0.1) is 11.6 Å². The normalized spacial score (nSPS) is 22.1. The summed E-state index contributed by atoms with van der Waals surface area (Å²) in [4.78, 5) is 9.89. The number of piperidine rings is 2. The van der Waals surface area contributed by atoms with Crippen LogP contribution in [-0.2, 0) is 11.3 Å². The number of β-amino-alcohol motifs (C(OH)–C–C–N with tert-alkyl or cyclic N) is 1. The zero-order valence-electron chi connectivity index (χ0n) is 17.2. The minimum absolute atomic E-state index is 0.248. The average Bonchev–Trinajstić information content (AvgIpc) is 2.69. The Hall–Kier alpha value is -1.69. The van der Waals surface area contributed by atoms with Gasteiger partial charge in [0.1, 0.15) is 5.82 Å². The summed E-state index contributed by atoms with van der Waals surface area (Å²) in [7, 11) is 1.80. The maximum atomic E-state index is 10.2. The maximum Gasteiger partial charge on any atom is 0.133 e. The Morgan fingerprint density at radius 1 is 1.14 bits per heavy atom. The maximum absolute atomic E-state index is 10.2. The van der Waals surface area contributed by atoms with Gasteiger partial charge >= 0.3 is 0 Å². The van der Waals surface area contributed by atoms with Crippen molar-refractivity contribution in [3.05, 3.63) is 35.4 Å². The number of likely N-dealkylation sites (tertiary alicyclic amines) is 1. The van der Waals surface area contributed by atoms with E-state index in [2.05, 4.69) is 41.0 Å². The first kappa shape index (κ1) is 19.6. The molecule has 2 aromatic rings. The number of aliphatic hydroxyl groups excluding tert-OH is 1. The van der Waals surface area contributed by atoms with Crippen LogP contribution in [0, 0.1) is 12.8 Å². The molecule has 28 heavy (non-hydrogen) atoms. The van der Waals surface area contributed by atoms with Crippen molar-refractivity contribution in [3.63, 3.8) is 0 Å². The number of pyridine rings is 1. The zero-order chi connectivity index (χ0) is 19.5. The van der Waals surface area contributed by atoms with E-state index in [0.717, 1.165) is 57.0 Å². The van der Waals surface area contributed by atoms with Gasteiger partial charge in [-0.1, -0.05) is 11.6 Å². The van der Waals surface area contributed by atoms with Gasteiger partial charge in [-0.25, -0.2) is 4.98 Å². The molecule has 0 aliphatic carbocycles. The van der Waals surface area contributed by atoms with Crippen molar-refractivity contribution in [2.24, 2.45) is 5.92 Å². The number of hydrogen-bond donors (Lipinski definition) is 1. The highest BCUT2D eigenvalue weighted by molar-refractivity contribution is 5.82. The number of fused-ring (bicyclic) bond motifs is 1. The van der Waals surface area contributed by atoms with Gasteiger partial charge in [-0.3, -0.25) is 4.90 Å². The van der Waals surface area contributed by atoms with Crippen LogP contribution in [0.15, 0.2) is 24.3 Å². The SMILES string of the molecule is COCC1CCN(Cc2cc3cc(C)ccc3nc2N2CCC[C@@H](O)C2)CC1. The lowest BCUT2D eigenvalue weighted by Gasteiger charge is -2.35. The smallest absolute Gasteiger partial charge is 0.133 e. The third-order valence-corrected chi connectivity index (χ3v) is 6.23. The average molecular weight is 384 g/mol. The van der Waals surface area contributed by atoms with Gasteiger partial charge in [0.2, 0.25) is 0 Å². The van der Waals surface area contributed by atoms with Crippen molar-refractivity contribution in [2.75, 3.05) is 44.8 Å². The molecule has 1 aromatic heterocycles. The summed E-state index contributed by atoms with van der Waals surface area (Å²) in [6, 6.07) is 8.80. The van der Waals surface area contributed by atoms with E-state index in [4.69, 9.17) is 9.72 Å². The molecule has 0 amide bonds. The van der Waals surface area contributed by atoms with E-state index >= 15 is 0 Å². The highest BCUT2D eigenvalue weighted by Gasteiger charge is 2.24. The molecule has 4 rings (SSSR count). The molecule has 5 nitrogen and oxygen atoms in total. The molecule has 152 valence electrons. The van der Waals surface area contributed by atoms with Gasteiger partial charge in [0, 0.05) is 44.3 Å². The Bertz CT molecular complexity index is 802. The van der Waals surface area contributed by atoms with E-state index in [-0.39, 0.29) is 6.10 Å². The van der Waals surface area contributed by atoms with Crippen LogP contribution in [-0.4, -0.2) is 61.0 Å². The molecule has 1 N–H and O–H groups in total. The molecule has 0 saturated carbocycles. The van der Waals surface area contributed by atoms with Crippen LogP contribution >= 0.6 is 0 Å². The third-order valence-electron chi connectivity index (χ3n) is 6.23. The highest BCUT2D eigenvalue weighted by Crippen LogP contribution is 2.29. The number of aryl methyl sites for hydroxylation is 1. The van der Waals surface area contributed by atoms with E-state index in [1.54, 1.807) is 7.11 Å². The van der Waals surface area contributed by atoms with Crippen LogP contribution < -0.4 is 4.90 Å². The standard InChI is InChI=1S/C23H33N3O2/c1-17-5-6-22-19(12-17)13-20(14-25-10-7-18(8-11-25)16-28-2)23(24-22)26-9-3-4-21(27)15-26/h5-6,12-13,18,21,27H,3-4,7-11,14-16H2,1-2H3/t21-/m1/s1. The first-order valence-electron chi connectivity index (χ1n) is 10.7. The fourth-order valence-electron chi connectivity index (χ4n) is 4.65. The van der Waals surface area contributed by atoms with Gasteiger partial charge in [-0.15, -0.1) is 0 Å². The van der Waals surface area contributed by atoms with Crippen LogP contribution in [0.1, 0.15) is 36.8 Å². The van der Waals surface area contributed by atoms with Crippen LogP contribution in [0.5, 0.6) is 0 Å². The molecule has 5 heteroatoms. The number of benzene rings is 1. The summed E-state index contributed by atoms with van der Waals surface area (Å²) >= 11 is 0. The Morgan fingerprint density at radius 2 is 1.96 bits per heavy atom. The van der Waals surface area contributed by atoms with Gasteiger partial charge in [-0.2, -0.15) is 0 Å². The second kappa shape index (κ2) is 8.76. The first-order valence-corrected chi connectivity index (χ1v) is 10.7. The predicted molar refractivity (Wildman–Crippen MR) is 114 cm³/mol. The number of hydrogen-bond acceptors (Lipinski definition) is 5. The molecule has 3 heterocycles. The van der Waals surface area contributed by atoms with Crippen LogP contribution in [0.4, 0.5) is 5.82 Å². The zero-order valence-corrected chi connectivity index (χ0v) is 17.2. The fraction of sp³-hybridized carbons (Fsp3) is 0.609. The Kier molecular flexibility index (Phi) is 6.14. The van der Waals surface area contributed by atoms with Gasteiger partial charge in [0.25, 0.3) is 0 Å². The van der Waals surface area contributed by atoms with Gasteiger partial charge < -0.3 is 14.7 Å². The number of rotatable bonds is 5. The highest BCUT2D eigenvalue weighted by atomic mass is 16.5. The number of methoxy groups -OCH3 is 1. The van der Waals surface area contributed by atoms with Crippen molar-refractivity contribution in [1.82, 2.24) is 9.88 Å². The summed E-state index contributed by atoms with van der Waals surface area (Å²) in [6.45, 7) is 7.83. The molecule has 0 unspecified atom stereocenters. The second-order valence-electron chi connectivity index (χ2n) is 8.58. The molecule has 2 aliphatic rings. The van der Waals surface area contributed by atoms with E-state index in [1.165, 1.54) is 29.4 Å². The lowest BCUT2D eigenvalue weighted by Crippen LogP contribution is -2.40. The summed E-state index contributed by atoms with van der Waals surface area (Å²) in [5.41, 5.74) is 3.60. The molecular formula is C23H33N3O2. The molecule has 2 saturated heterocycles. The molecule has 0 spiro atoms. The number of nitrogens with zero attached hydrogens (tertiary/aromatic N) is 3. The molecule has 0 bridgehead atoms. The monoisotopic (exact) mass is 383 g/mol.